The van der Waals surface area contributed by atoms with Gasteiger partial charge in [-0.15, -0.1) is 0 Å². The van der Waals surface area contributed by atoms with Crippen LogP contribution in [-0.2, 0) is 4.79 Å². The number of ketones is 1. The van der Waals surface area contributed by atoms with Crippen LogP contribution >= 0.6 is 0 Å². The van der Waals surface area contributed by atoms with Crippen molar-refractivity contribution in [2.45, 2.75) is 46.5 Å². The van der Waals surface area contributed by atoms with Crippen molar-refractivity contribution in [3.05, 3.63) is 11.6 Å². The number of carbonyl (C=O) groups excluding carboxylic acids is 1. The lowest BCUT2D eigenvalue weighted by molar-refractivity contribution is -0.113. The van der Waals surface area contributed by atoms with Crippen LogP contribution in [0.15, 0.2) is 11.6 Å². The summed E-state index contributed by atoms with van der Waals surface area (Å²) in [5.41, 5.74) is 1.01. The van der Waals surface area contributed by atoms with Crippen LogP contribution in [0.5, 0.6) is 0 Å². The van der Waals surface area contributed by atoms with E-state index in [2.05, 4.69) is 19.9 Å². The first kappa shape index (κ1) is 10.4. The van der Waals surface area contributed by atoms with E-state index in [0.717, 1.165) is 31.3 Å². The van der Waals surface area contributed by atoms with Gasteiger partial charge in [0.25, 0.3) is 0 Å². The summed E-state index contributed by atoms with van der Waals surface area (Å²) in [4.78, 5) is 11.0. The van der Waals surface area contributed by atoms with Gasteiger partial charge in [-0.3, -0.25) is 4.79 Å². The molecule has 0 aromatic heterocycles. The van der Waals surface area contributed by atoms with Crippen LogP contribution in [0.4, 0.5) is 0 Å². The van der Waals surface area contributed by atoms with Crippen LogP contribution in [0.2, 0.25) is 0 Å². The normalized spacial score (nSPS) is 11.7. The van der Waals surface area contributed by atoms with Gasteiger partial charge in [0.05, 0.1) is 0 Å². The Labute approximate surface area is 69.5 Å². The van der Waals surface area contributed by atoms with Gasteiger partial charge in [-0.1, -0.05) is 32.8 Å². The number of rotatable bonds is 5. The van der Waals surface area contributed by atoms with Crippen molar-refractivity contribution in [2.75, 3.05) is 0 Å². The van der Waals surface area contributed by atoms with Crippen LogP contribution < -0.4 is 0 Å². The smallest absolute Gasteiger partial charge is 0.155 e. The molecule has 0 aromatic carbocycles. The first-order chi connectivity index (χ1) is 5.22. The highest BCUT2D eigenvalue weighted by atomic mass is 16.1. The largest absolute Gasteiger partial charge is 0.295 e. The van der Waals surface area contributed by atoms with Crippen LogP contribution in [0.1, 0.15) is 46.5 Å². The number of Topliss-reactive ketones (excluding diaryl/α,β-unsaturated/α-hetero) is 1. The Morgan fingerprint density at radius 1 is 1.27 bits per heavy atom. The Balaban J connectivity index is 3.97. The second kappa shape index (κ2) is 6.14. The summed E-state index contributed by atoms with van der Waals surface area (Å²) in [6.07, 6.45) is 6.24. The average molecular weight is 154 g/mol. The molecule has 0 atom stereocenters. The zero-order valence-electron chi connectivity index (χ0n) is 7.81. The molecule has 0 fully saturated rings. The van der Waals surface area contributed by atoms with Gasteiger partial charge in [-0.25, -0.2) is 0 Å². The van der Waals surface area contributed by atoms with Gasteiger partial charge >= 0.3 is 0 Å². The van der Waals surface area contributed by atoms with E-state index in [1.807, 2.05) is 0 Å². The molecule has 1 heteroatoms. The van der Waals surface area contributed by atoms with E-state index in [-0.39, 0.29) is 5.78 Å². The van der Waals surface area contributed by atoms with Crippen LogP contribution in [-0.4, -0.2) is 5.78 Å². The lowest BCUT2D eigenvalue weighted by atomic mass is 10.1. The molecule has 64 valence electrons. The van der Waals surface area contributed by atoms with Crippen molar-refractivity contribution >= 4 is 5.78 Å². The topological polar surface area (TPSA) is 17.1 Å². The summed E-state index contributed by atoms with van der Waals surface area (Å²) in [6.45, 7) is 5.88. The molecule has 0 unspecified atom stereocenters. The summed E-state index contributed by atoms with van der Waals surface area (Å²) in [5, 5.41) is 0. The lowest BCUT2D eigenvalue weighted by Crippen LogP contribution is -1.95. The summed E-state index contributed by atoms with van der Waals surface area (Å²) >= 11 is 0. The number of allylic oxidation sites excluding steroid dienone is 2. The van der Waals surface area contributed by atoms with E-state index in [1.54, 1.807) is 6.92 Å². The minimum atomic E-state index is 0.236. The first-order valence-electron chi connectivity index (χ1n) is 4.42. The van der Waals surface area contributed by atoms with Gasteiger partial charge in [0.2, 0.25) is 0 Å². The van der Waals surface area contributed by atoms with Crippen molar-refractivity contribution in [1.29, 1.82) is 0 Å². The van der Waals surface area contributed by atoms with Gasteiger partial charge in [-0.05, 0) is 25.3 Å². The zero-order chi connectivity index (χ0) is 8.69. The molecule has 0 radical (unpaired) electrons. The minimum absolute atomic E-state index is 0.236. The molecule has 11 heavy (non-hydrogen) atoms. The predicted molar refractivity (Wildman–Crippen MR) is 48.6 cm³/mol. The third-order valence-corrected chi connectivity index (χ3v) is 1.65. The highest BCUT2D eigenvalue weighted by Crippen LogP contribution is 2.07. The highest BCUT2D eigenvalue weighted by molar-refractivity contribution is 5.93. The van der Waals surface area contributed by atoms with E-state index in [1.165, 1.54) is 0 Å². The predicted octanol–water partition coefficient (Wildman–Crippen LogP) is 3.10. The van der Waals surface area contributed by atoms with Gasteiger partial charge < -0.3 is 0 Å². The lowest BCUT2D eigenvalue weighted by Gasteiger charge is -1.99. The molecule has 0 spiro atoms. The number of hydrogen-bond donors (Lipinski definition) is 0. The Hall–Kier alpha value is -0.590. The van der Waals surface area contributed by atoms with Gasteiger partial charge in [0.15, 0.2) is 5.78 Å². The molecule has 0 N–H and O–H groups in total. The van der Waals surface area contributed by atoms with Gasteiger partial charge in [0, 0.05) is 0 Å². The van der Waals surface area contributed by atoms with Crippen molar-refractivity contribution in [2.24, 2.45) is 0 Å². The van der Waals surface area contributed by atoms with Crippen molar-refractivity contribution < 1.29 is 4.79 Å². The molecule has 0 aliphatic heterocycles. The second-order valence-corrected chi connectivity index (χ2v) is 2.82. The fourth-order valence-electron chi connectivity index (χ4n) is 1.01. The maximum absolute atomic E-state index is 11.0. The molecular weight excluding hydrogens is 136 g/mol. The molecule has 0 aliphatic carbocycles. The second-order valence-electron chi connectivity index (χ2n) is 2.82. The molecule has 0 amide bonds. The van der Waals surface area contributed by atoms with Crippen LogP contribution in [0.25, 0.3) is 0 Å². The maximum Gasteiger partial charge on any atom is 0.155 e. The average Bonchev–Trinajstić information content (AvgIpc) is 1.97. The molecular formula is C10H18O. The summed E-state index contributed by atoms with van der Waals surface area (Å²) in [5.74, 6) is 0.236. The molecule has 0 aliphatic rings. The summed E-state index contributed by atoms with van der Waals surface area (Å²) in [7, 11) is 0. The molecule has 0 heterocycles. The Bertz CT molecular complexity index is 145. The molecule has 0 bridgehead atoms. The third-order valence-electron chi connectivity index (χ3n) is 1.65. The molecule has 0 aromatic rings. The van der Waals surface area contributed by atoms with Crippen LogP contribution in [0, 0.1) is 0 Å². The molecule has 1 nitrogen and oxygen atoms in total. The molecule has 0 saturated carbocycles. The first-order valence-corrected chi connectivity index (χ1v) is 4.42. The highest BCUT2D eigenvalue weighted by Gasteiger charge is 2.00. The Morgan fingerprint density at radius 2 is 1.91 bits per heavy atom. The number of carbonyl (C=O) groups is 1. The summed E-state index contributed by atoms with van der Waals surface area (Å²) < 4.78 is 0. The SMILES string of the molecule is CCCC=C(CCC)C(C)=O. The van der Waals surface area contributed by atoms with E-state index in [4.69, 9.17) is 0 Å². The third kappa shape index (κ3) is 4.77. The van der Waals surface area contributed by atoms with Crippen LogP contribution in [0.3, 0.4) is 0 Å². The van der Waals surface area contributed by atoms with E-state index >= 15 is 0 Å². The molecule has 0 saturated heterocycles. The number of unbranched alkanes of at least 4 members (excludes halogenated alkanes) is 1. The minimum Gasteiger partial charge on any atom is -0.295 e. The Morgan fingerprint density at radius 3 is 2.27 bits per heavy atom. The van der Waals surface area contributed by atoms with Crippen molar-refractivity contribution in [3.8, 4) is 0 Å². The maximum atomic E-state index is 11.0. The van der Waals surface area contributed by atoms with Crippen molar-refractivity contribution in [3.63, 3.8) is 0 Å². The fourth-order valence-corrected chi connectivity index (χ4v) is 1.01. The summed E-state index contributed by atoms with van der Waals surface area (Å²) in [6, 6.07) is 0. The quantitative estimate of drug-likeness (QED) is 0.556. The van der Waals surface area contributed by atoms with Crippen molar-refractivity contribution in [1.82, 2.24) is 0 Å². The van der Waals surface area contributed by atoms with E-state index < -0.39 is 0 Å². The molecule has 0 rings (SSSR count). The standard InChI is InChI=1S/C10H18O/c1-4-6-8-10(7-5-2)9(3)11/h8H,4-7H2,1-3H3. The monoisotopic (exact) mass is 154 g/mol. The fraction of sp³-hybridized carbons (Fsp3) is 0.700. The Kier molecular flexibility index (Phi) is 5.81. The van der Waals surface area contributed by atoms with E-state index in [9.17, 15) is 4.79 Å². The number of hydrogen-bond acceptors (Lipinski definition) is 1. The van der Waals surface area contributed by atoms with Gasteiger partial charge in [0.1, 0.15) is 0 Å². The zero-order valence-corrected chi connectivity index (χ0v) is 7.81. The van der Waals surface area contributed by atoms with Gasteiger partial charge in [-0.2, -0.15) is 0 Å². The van der Waals surface area contributed by atoms with E-state index in [0.29, 0.717) is 0 Å².